The Bertz CT molecular complexity index is 279. The standard InChI is InChI=1S/C11H19NO3S/c1-11(2,3)8(10(14)15)12-9(13)7-4-5-16-6-7/h7-8H,4-6H2,1-3H3,(H,12,13)(H,14,15)/t7?,8-/m0/s1. The van der Waals surface area contributed by atoms with Crippen LogP contribution in [-0.2, 0) is 9.59 Å². The molecule has 1 saturated heterocycles. The van der Waals surface area contributed by atoms with E-state index in [0.717, 1.165) is 17.9 Å². The van der Waals surface area contributed by atoms with Crippen molar-refractivity contribution in [2.45, 2.75) is 33.2 Å². The van der Waals surface area contributed by atoms with E-state index in [1.54, 1.807) is 11.8 Å². The smallest absolute Gasteiger partial charge is 0.326 e. The van der Waals surface area contributed by atoms with Gasteiger partial charge in [-0.2, -0.15) is 11.8 Å². The van der Waals surface area contributed by atoms with Gasteiger partial charge in [0.05, 0.1) is 0 Å². The molecule has 0 spiro atoms. The van der Waals surface area contributed by atoms with E-state index in [-0.39, 0.29) is 11.8 Å². The van der Waals surface area contributed by atoms with Gasteiger partial charge in [-0.3, -0.25) is 4.79 Å². The first-order valence-corrected chi connectivity index (χ1v) is 6.59. The number of aliphatic carboxylic acids is 1. The first-order valence-electron chi connectivity index (χ1n) is 5.43. The maximum absolute atomic E-state index is 11.8. The van der Waals surface area contributed by atoms with Crippen molar-refractivity contribution in [2.75, 3.05) is 11.5 Å². The number of thioether (sulfide) groups is 1. The molecular formula is C11H19NO3S. The molecule has 2 N–H and O–H groups in total. The molecule has 1 aliphatic heterocycles. The SMILES string of the molecule is CC(C)(C)[C@@H](NC(=O)C1CCSC1)C(=O)O. The van der Waals surface area contributed by atoms with E-state index >= 15 is 0 Å². The molecule has 1 aliphatic rings. The molecule has 2 atom stereocenters. The van der Waals surface area contributed by atoms with Crippen molar-refractivity contribution in [3.8, 4) is 0 Å². The molecule has 1 rings (SSSR count). The molecular weight excluding hydrogens is 226 g/mol. The highest BCUT2D eigenvalue weighted by Gasteiger charge is 2.34. The van der Waals surface area contributed by atoms with Gasteiger partial charge in [0.2, 0.25) is 5.91 Å². The van der Waals surface area contributed by atoms with Gasteiger partial charge in [0, 0.05) is 11.7 Å². The van der Waals surface area contributed by atoms with Crippen molar-refractivity contribution in [3.05, 3.63) is 0 Å². The van der Waals surface area contributed by atoms with Gasteiger partial charge in [-0.05, 0) is 17.6 Å². The van der Waals surface area contributed by atoms with Crippen LogP contribution in [0.5, 0.6) is 0 Å². The van der Waals surface area contributed by atoms with E-state index in [2.05, 4.69) is 5.32 Å². The molecule has 1 heterocycles. The maximum Gasteiger partial charge on any atom is 0.326 e. The predicted octanol–water partition coefficient (Wildman–Crippen LogP) is 1.35. The van der Waals surface area contributed by atoms with E-state index in [9.17, 15) is 9.59 Å². The summed E-state index contributed by atoms with van der Waals surface area (Å²) in [5.74, 6) is 0.696. The molecule has 16 heavy (non-hydrogen) atoms. The molecule has 0 aromatic carbocycles. The van der Waals surface area contributed by atoms with Gasteiger partial charge in [0.25, 0.3) is 0 Å². The third-order valence-electron chi connectivity index (χ3n) is 2.70. The minimum Gasteiger partial charge on any atom is -0.480 e. The minimum absolute atomic E-state index is 0.0193. The number of amides is 1. The van der Waals surface area contributed by atoms with Crippen LogP contribution in [0.15, 0.2) is 0 Å². The predicted molar refractivity (Wildman–Crippen MR) is 64.5 cm³/mol. The van der Waals surface area contributed by atoms with Crippen molar-refractivity contribution in [1.29, 1.82) is 0 Å². The van der Waals surface area contributed by atoms with E-state index in [1.165, 1.54) is 0 Å². The fraction of sp³-hybridized carbons (Fsp3) is 0.818. The second kappa shape index (κ2) is 5.08. The number of carboxylic acids is 1. The number of carbonyl (C=O) groups excluding carboxylic acids is 1. The molecule has 1 fully saturated rings. The number of carbonyl (C=O) groups is 2. The fourth-order valence-corrected chi connectivity index (χ4v) is 2.87. The number of nitrogens with one attached hydrogen (secondary N) is 1. The van der Waals surface area contributed by atoms with Crippen molar-refractivity contribution in [3.63, 3.8) is 0 Å². The van der Waals surface area contributed by atoms with Crippen LogP contribution in [-0.4, -0.2) is 34.5 Å². The highest BCUT2D eigenvalue weighted by molar-refractivity contribution is 7.99. The Kier molecular flexibility index (Phi) is 4.24. The molecule has 92 valence electrons. The van der Waals surface area contributed by atoms with E-state index in [0.29, 0.717) is 0 Å². The van der Waals surface area contributed by atoms with Crippen molar-refractivity contribution in [2.24, 2.45) is 11.3 Å². The van der Waals surface area contributed by atoms with Gasteiger partial charge in [0.1, 0.15) is 6.04 Å². The third-order valence-corrected chi connectivity index (χ3v) is 3.86. The van der Waals surface area contributed by atoms with Crippen LogP contribution < -0.4 is 5.32 Å². The molecule has 0 radical (unpaired) electrons. The van der Waals surface area contributed by atoms with Crippen molar-refractivity contribution >= 4 is 23.6 Å². The zero-order valence-corrected chi connectivity index (χ0v) is 10.8. The van der Waals surface area contributed by atoms with Crippen molar-refractivity contribution in [1.82, 2.24) is 5.32 Å². The van der Waals surface area contributed by atoms with Gasteiger partial charge in [-0.15, -0.1) is 0 Å². The van der Waals surface area contributed by atoms with Crippen LogP contribution >= 0.6 is 11.8 Å². The Labute approximate surface area is 100 Å². The summed E-state index contributed by atoms with van der Waals surface area (Å²) < 4.78 is 0. The monoisotopic (exact) mass is 245 g/mol. The fourth-order valence-electron chi connectivity index (χ4n) is 1.65. The molecule has 0 aromatic heterocycles. The first-order chi connectivity index (χ1) is 7.32. The van der Waals surface area contributed by atoms with E-state index < -0.39 is 17.4 Å². The molecule has 0 aromatic rings. The zero-order valence-electron chi connectivity index (χ0n) is 9.95. The highest BCUT2D eigenvalue weighted by atomic mass is 32.2. The summed E-state index contributed by atoms with van der Waals surface area (Å²) in [7, 11) is 0. The summed E-state index contributed by atoms with van der Waals surface area (Å²) in [5, 5.41) is 11.7. The van der Waals surface area contributed by atoms with Crippen LogP contribution in [0.4, 0.5) is 0 Å². The Balaban J connectivity index is 2.61. The zero-order chi connectivity index (χ0) is 12.3. The molecule has 0 aliphatic carbocycles. The lowest BCUT2D eigenvalue weighted by Crippen LogP contribution is -2.50. The third kappa shape index (κ3) is 3.40. The first kappa shape index (κ1) is 13.4. The molecule has 1 unspecified atom stereocenters. The van der Waals surface area contributed by atoms with Gasteiger partial charge < -0.3 is 10.4 Å². The maximum atomic E-state index is 11.8. The molecule has 4 nitrogen and oxygen atoms in total. The van der Waals surface area contributed by atoms with Gasteiger partial charge in [0.15, 0.2) is 0 Å². The Morgan fingerprint density at radius 3 is 2.44 bits per heavy atom. The lowest BCUT2D eigenvalue weighted by atomic mass is 9.86. The van der Waals surface area contributed by atoms with Crippen LogP contribution in [0.2, 0.25) is 0 Å². The second-order valence-electron chi connectivity index (χ2n) is 5.21. The number of rotatable bonds is 3. The Morgan fingerprint density at radius 2 is 2.06 bits per heavy atom. The van der Waals surface area contributed by atoms with Crippen LogP contribution in [0, 0.1) is 11.3 Å². The van der Waals surface area contributed by atoms with Crippen LogP contribution in [0.1, 0.15) is 27.2 Å². The molecule has 1 amide bonds. The summed E-state index contributed by atoms with van der Waals surface area (Å²) in [5.41, 5.74) is -0.465. The lowest BCUT2D eigenvalue weighted by Gasteiger charge is -2.28. The van der Waals surface area contributed by atoms with E-state index in [1.807, 2.05) is 20.8 Å². The summed E-state index contributed by atoms with van der Waals surface area (Å²) >= 11 is 1.75. The van der Waals surface area contributed by atoms with Crippen molar-refractivity contribution < 1.29 is 14.7 Å². The topological polar surface area (TPSA) is 66.4 Å². The number of hydrogen-bond acceptors (Lipinski definition) is 3. The number of hydrogen-bond donors (Lipinski definition) is 2. The van der Waals surface area contributed by atoms with Crippen LogP contribution in [0.25, 0.3) is 0 Å². The largest absolute Gasteiger partial charge is 0.480 e. The minimum atomic E-state index is -0.966. The normalized spacial score (nSPS) is 22.8. The summed E-state index contributed by atoms with van der Waals surface area (Å²) in [4.78, 5) is 22.9. The molecule has 5 heteroatoms. The van der Waals surface area contributed by atoms with Gasteiger partial charge in [-0.25, -0.2) is 4.79 Å². The molecule has 0 saturated carbocycles. The van der Waals surface area contributed by atoms with Crippen LogP contribution in [0.3, 0.4) is 0 Å². The second-order valence-corrected chi connectivity index (χ2v) is 6.36. The lowest BCUT2D eigenvalue weighted by molar-refractivity contribution is -0.145. The summed E-state index contributed by atoms with van der Waals surface area (Å²) in [6.45, 7) is 5.44. The summed E-state index contributed by atoms with van der Waals surface area (Å²) in [6, 6.07) is -0.814. The Hall–Kier alpha value is -0.710. The average molecular weight is 245 g/mol. The quantitative estimate of drug-likeness (QED) is 0.788. The molecule has 0 bridgehead atoms. The average Bonchev–Trinajstić information content (AvgIpc) is 2.63. The Morgan fingerprint density at radius 1 is 1.44 bits per heavy atom. The van der Waals surface area contributed by atoms with E-state index in [4.69, 9.17) is 5.11 Å². The van der Waals surface area contributed by atoms with Gasteiger partial charge in [-0.1, -0.05) is 20.8 Å². The number of carboxylic acid groups (broad SMARTS) is 1. The summed E-state index contributed by atoms with van der Waals surface area (Å²) in [6.07, 6.45) is 0.854. The van der Waals surface area contributed by atoms with Gasteiger partial charge >= 0.3 is 5.97 Å². The highest BCUT2D eigenvalue weighted by Crippen LogP contribution is 2.25.